The molecular formula is C15H21F3N2O5S. The molecule has 11 heteroatoms. The third kappa shape index (κ3) is 7.48. The average molecular weight is 398 g/mol. The van der Waals surface area contributed by atoms with Gasteiger partial charge < -0.3 is 15.5 Å². The second-order valence-corrected chi connectivity index (χ2v) is 7.31. The summed E-state index contributed by atoms with van der Waals surface area (Å²) in [6, 6.07) is 1.74. The molecule has 0 saturated carbocycles. The molecule has 1 rings (SSSR count). The molecule has 0 heterocycles. The van der Waals surface area contributed by atoms with Gasteiger partial charge in [-0.1, -0.05) is 19.3 Å². The Bertz CT molecular complexity index is 736. The maximum absolute atomic E-state index is 12.0. The zero-order chi connectivity index (χ0) is 20.0. The first-order valence-corrected chi connectivity index (χ1v) is 9.40. The molecule has 0 atom stereocenters. The predicted molar refractivity (Wildman–Crippen MR) is 88.7 cm³/mol. The molecule has 1 aromatic rings. The second-order valence-electron chi connectivity index (χ2n) is 5.78. The molecule has 0 spiro atoms. The van der Waals surface area contributed by atoms with Crippen molar-refractivity contribution in [3.63, 3.8) is 0 Å². The summed E-state index contributed by atoms with van der Waals surface area (Å²) in [5.74, 6) is -2.11. The van der Waals surface area contributed by atoms with Crippen LogP contribution >= 0.6 is 0 Å². The van der Waals surface area contributed by atoms with Crippen LogP contribution in [0.5, 0.6) is 5.75 Å². The van der Waals surface area contributed by atoms with E-state index in [0.29, 0.717) is 25.7 Å². The van der Waals surface area contributed by atoms with Gasteiger partial charge in [-0.2, -0.15) is 13.2 Å². The van der Waals surface area contributed by atoms with E-state index in [9.17, 15) is 31.5 Å². The molecule has 1 aromatic carbocycles. The molecule has 26 heavy (non-hydrogen) atoms. The SMILES string of the molecule is NS(=O)(=O)c1cc(C(=O)O)c(O)cc1NCCCCCCCC(F)(F)F. The summed E-state index contributed by atoms with van der Waals surface area (Å²) < 4.78 is 59.2. The summed E-state index contributed by atoms with van der Waals surface area (Å²) in [5.41, 5.74) is -0.628. The molecular weight excluding hydrogens is 377 g/mol. The number of nitrogens with one attached hydrogen (secondary N) is 1. The number of rotatable bonds is 10. The van der Waals surface area contributed by atoms with E-state index in [2.05, 4.69) is 5.32 Å². The van der Waals surface area contributed by atoms with Gasteiger partial charge in [-0.3, -0.25) is 0 Å². The van der Waals surface area contributed by atoms with Crippen molar-refractivity contribution in [2.45, 2.75) is 49.6 Å². The Balaban J connectivity index is 2.57. The minimum atomic E-state index is -4.22. The van der Waals surface area contributed by atoms with Gasteiger partial charge in [0.25, 0.3) is 0 Å². The Morgan fingerprint density at radius 3 is 2.23 bits per heavy atom. The maximum Gasteiger partial charge on any atom is 0.389 e. The van der Waals surface area contributed by atoms with Crippen molar-refractivity contribution < 1.29 is 36.6 Å². The minimum Gasteiger partial charge on any atom is -0.507 e. The van der Waals surface area contributed by atoms with Gasteiger partial charge in [-0.15, -0.1) is 0 Å². The highest BCUT2D eigenvalue weighted by Crippen LogP contribution is 2.29. The molecule has 148 valence electrons. The van der Waals surface area contributed by atoms with Crippen LogP contribution in [0.4, 0.5) is 18.9 Å². The number of hydrogen-bond acceptors (Lipinski definition) is 5. The van der Waals surface area contributed by atoms with Gasteiger partial charge in [0.05, 0.1) is 5.69 Å². The molecule has 5 N–H and O–H groups in total. The zero-order valence-corrected chi connectivity index (χ0v) is 14.7. The summed E-state index contributed by atoms with van der Waals surface area (Å²) in [7, 11) is -4.22. The quantitative estimate of drug-likeness (QED) is 0.448. The third-order valence-corrected chi connectivity index (χ3v) is 4.54. The van der Waals surface area contributed by atoms with Gasteiger partial charge in [-0.05, 0) is 18.9 Å². The number of aromatic hydroxyl groups is 1. The van der Waals surface area contributed by atoms with Crippen molar-refractivity contribution in [3.8, 4) is 5.75 Å². The van der Waals surface area contributed by atoms with E-state index in [0.717, 1.165) is 12.1 Å². The Morgan fingerprint density at radius 1 is 1.12 bits per heavy atom. The number of aromatic carboxylic acids is 1. The fourth-order valence-electron chi connectivity index (χ4n) is 2.32. The standard InChI is InChI=1S/C15H21F3N2O5S/c16-15(17,18)6-4-2-1-3-5-7-20-11-9-12(21)10(14(22)23)8-13(11)26(19,24)25/h8-9,20-21H,1-7H2,(H,22,23)(H2,19,24,25). The van der Waals surface area contributed by atoms with E-state index in [4.69, 9.17) is 10.2 Å². The Labute approximate surface area is 149 Å². The summed E-state index contributed by atoms with van der Waals surface area (Å²) in [6.45, 7) is 0.285. The van der Waals surface area contributed by atoms with Gasteiger partial charge in [0, 0.05) is 19.0 Å². The van der Waals surface area contributed by atoms with Gasteiger partial charge in [-0.25, -0.2) is 18.4 Å². The molecule has 0 unspecified atom stereocenters. The first-order valence-electron chi connectivity index (χ1n) is 7.85. The van der Waals surface area contributed by atoms with Crippen molar-refractivity contribution in [1.82, 2.24) is 0 Å². The molecule has 0 aliphatic heterocycles. The summed E-state index contributed by atoms with van der Waals surface area (Å²) in [5, 5.41) is 26.4. The summed E-state index contributed by atoms with van der Waals surface area (Å²) >= 11 is 0. The van der Waals surface area contributed by atoms with Crippen LogP contribution in [-0.2, 0) is 10.0 Å². The van der Waals surface area contributed by atoms with Crippen LogP contribution in [0.15, 0.2) is 17.0 Å². The summed E-state index contributed by atoms with van der Waals surface area (Å²) in [4.78, 5) is 10.5. The number of halogens is 3. The van der Waals surface area contributed by atoms with E-state index >= 15 is 0 Å². The molecule has 7 nitrogen and oxygen atoms in total. The number of nitrogens with two attached hydrogens (primary N) is 1. The third-order valence-electron chi connectivity index (χ3n) is 3.59. The Morgan fingerprint density at radius 2 is 1.69 bits per heavy atom. The molecule has 0 bridgehead atoms. The average Bonchev–Trinajstić information content (AvgIpc) is 2.47. The van der Waals surface area contributed by atoms with E-state index in [1.165, 1.54) is 0 Å². The molecule has 0 radical (unpaired) electrons. The fourth-order valence-corrected chi connectivity index (χ4v) is 3.04. The van der Waals surface area contributed by atoms with Crippen molar-refractivity contribution in [1.29, 1.82) is 0 Å². The second kappa shape index (κ2) is 9.08. The first-order chi connectivity index (χ1) is 11.9. The number of sulfonamides is 1. The minimum absolute atomic E-state index is 0.0351. The normalized spacial score (nSPS) is 12.2. The highest BCUT2D eigenvalue weighted by molar-refractivity contribution is 7.89. The van der Waals surface area contributed by atoms with Crippen LogP contribution in [-0.4, -0.2) is 37.3 Å². The molecule has 0 aliphatic carbocycles. The highest BCUT2D eigenvalue weighted by atomic mass is 32.2. The van der Waals surface area contributed by atoms with Gasteiger partial charge in [0.1, 0.15) is 16.2 Å². The Hall–Kier alpha value is -2.01. The van der Waals surface area contributed by atoms with Crippen molar-refractivity contribution in [3.05, 3.63) is 17.7 Å². The number of carboxylic acids is 1. The highest BCUT2D eigenvalue weighted by Gasteiger charge is 2.25. The van der Waals surface area contributed by atoms with Crippen molar-refractivity contribution in [2.24, 2.45) is 5.14 Å². The summed E-state index contributed by atoms with van der Waals surface area (Å²) in [6.07, 6.45) is -2.66. The zero-order valence-electron chi connectivity index (χ0n) is 13.8. The van der Waals surface area contributed by atoms with E-state index in [1.54, 1.807) is 0 Å². The lowest BCUT2D eigenvalue weighted by Gasteiger charge is -2.13. The maximum atomic E-state index is 12.0. The van der Waals surface area contributed by atoms with Crippen LogP contribution in [0.25, 0.3) is 0 Å². The first kappa shape index (κ1) is 22.0. The van der Waals surface area contributed by atoms with Crippen LogP contribution in [0.1, 0.15) is 48.9 Å². The molecule has 0 aliphatic rings. The number of anilines is 1. The molecule has 0 amide bonds. The number of carbonyl (C=O) groups is 1. The van der Waals surface area contributed by atoms with Crippen LogP contribution in [0.3, 0.4) is 0 Å². The van der Waals surface area contributed by atoms with Gasteiger partial charge in [0.2, 0.25) is 10.0 Å². The Kier molecular flexibility index (Phi) is 7.69. The predicted octanol–water partition coefficient (Wildman–Crippen LogP) is 3.05. The number of unbranched alkanes of at least 4 members (excludes halogenated alkanes) is 4. The van der Waals surface area contributed by atoms with Crippen molar-refractivity contribution in [2.75, 3.05) is 11.9 Å². The number of primary sulfonamides is 1. The smallest absolute Gasteiger partial charge is 0.389 e. The van der Waals surface area contributed by atoms with Crippen LogP contribution < -0.4 is 10.5 Å². The largest absolute Gasteiger partial charge is 0.507 e. The fraction of sp³-hybridized carbons (Fsp3) is 0.533. The lowest BCUT2D eigenvalue weighted by Crippen LogP contribution is -2.16. The number of hydrogen-bond donors (Lipinski definition) is 4. The van der Waals surface area contributed by atoms with Crippen LogP contribution in [0.2, 0.25) is 0 Å². The number of benzene rings is 1. The van der Waals surface area contributed by atoms with Crippen LogP contribution in [0, 0.1) is 0 Å². The number of phenols is 1. The van der Waals surface area contributed by atoms with Gasteiger partial charge >= 0.3 is 12.1 Å². The van der Waals surface area contributed by atoms with Crippen molar-refractivity contribution >= 4 is 21.7 Å². The molecule has 0 saturated heterocycles. The topological polar surface area (TPSA) is 130 Å². The monoisotopic (exact) mass is 398 g/mol. The van der Waals surface area contributed by atoms with E-state index < -0.39 is 44.8 Å². The van der Waals surface area contributed by atoms with Gasteiger partial charge in [0.15, 0.2) is 0 Å². The molecule has 0 fully saturated rings. The number of carboxylic acid groups (broad SMARTS) is 1. The lowest BCUT2D eigenvalue weighted by atomic mass is 10.1. The molecule has 0 aromatic heterocycles. The van der Waals surface area contributed by atoms with E-state index in [1.807, 2.05) is 0 Å². The van der Waals surface area contributed by atoms with E-state index in [-0.39, 0.29) is 18.7 Å². The number of alkyl halides is 3. The lowest BCUT2D eigenvalue weighted by molar-refractivity contribution is -0.135.